The molecule has 0 fully saturated rings. The molecule has 214 valence electrons. The number of ether oxygens (including phenoxy) is 1. The molecule has 3 aromatic rings. The predicted octanol–water partition coefficient (Wildman–Crippen LogP) is 4.01. The van der Waals surface area contributed by atoms with Crippen molar-refractivity contribution >= 4 is 34.5 Å². The van der Waals surface area contributed by atoms with Gasteiger partial charge in [0.05, 0.1) is 6.54 Å². The second-order valence-corrected chi connectivity index (χ2v) is 10.6. The van der Waals surface area contributed by atoms with Gasteiger partial charge in [-0.15, -0.1) is 0 Å². The standard InChI is InChI=1S/C30H39N5O5/c1-20(2)17-21-11-9-12-22-18-23(31-27(21)22)19-35-16-10-13-24(29(35)38)32-28(37)25(40-30(39)34(5)6)14-7-8-15-26(36)33(3)4/h8-13,15-16,18,20,25,31H,7,14,17,19H2,1-6H3,(H,32,37). The third-order valence-electron chi connectivity index (χ3n) is 6.24. The molecule has 1 aromatic carbocycles. The molecule has 2 heterocycles. The normalized spacial score (nSPS) is 12.1. The van der Waals surface area contributed by atoms with Crippen LogP contribution >= 0.6 is 0 Å². The molecule has 0 bridgehead atoms. The third kappa shape index (κ3) is 8.08. The van der Waals surface area contributed by atoms with Crippen LogP contribution in [0, 0.1) is 5.92 Å². The summed E-state index contributed by atoms with van der Waals surface area (Å²) < 4.78 is 6.88. The molecule has 2 N–H and O–H groups in total. The zero-order valence-electron chi connectivity index (χ0n) is 24.1. The molecule has 1 atom stereocenters. The molecular formula is C30H39N5O5. The summed E-state index contributed by atoms with van der Waals surface area (Å²) in [6, 6.07) is 11.4. The van der Waals surface area contributed by atoms with Crippen LogP contribution in [0.25, 0.3) is 10.9 Å². The first-order valence-corrected chi connectivity index (χ1v) is 13.3. The molecule has 10 nitrogen and oxygen atoms in total. The number of pyridine rings is 1. The Labute approximate surface area is 234 Å². The second kappa shape index (κ2) is 13.6. The van der Waals surface area contributed by atoms with Gasteiger partial charge in [0.15, 0.2) is 6.10 Å². The van der Waals surface area contributed by atoms with Gasteiger partial charge in [0.25, 0.3) is 11.5 Å². The van der Waals surface area contributed by atoms with E-state index < -0.39 is 18.1 Å². The minimum atomic E-state index is -1.16. The van der Waals surface area contributed by atoms with Crippen molar-refractivity contribution in [1.82, 2.24) is 19.4 Å². The number of amides is 3. The fourth-order valence-corrected chi connectivity index (χ4v) is 4.18. The lowest BCUT2D eigenvalue weighted by Crippen LogP contribution is -2.37. The first kappa shape index (κ1) is 30.2. The van der Waals surface area contributed by atoms with Crippen LogP contribution in [0.4, 0.5) is 10.5 Å². The highest BCUT2D eigenvalue weighted by Crippen LogP contribution is 2.22. The van der Waals surface area contributed by atoms with E-state index in [0.29, 0.717) is 18.9 Å². The lowest BCUT2D eigenvalue weighted by atomic mass is 10.0. The zero-order valence-corrected chi connectivity index (χ0v) is 24.1. The van der Waals surface area contributed by atoms with Crippen LogP contribution in [0.1, 0.15) is 37.9 Å². The molecular weight excluding hydrogens is 510 g/mol. The van der Waals surface area contributed by atoms with Crippen LogP contribution in [-0.4, -0.2) is 71.6 Å². The Kier molecular flexibility index (Phi) is 10.3. The molecule has 0 aliphatic heterocycles. The molecule has 0 saturated carbocycles. The van der Waals surface area contributed by atoms with Crippen molar-refractivity contribution in [1.29, 1.82) is 0 Å². The van der Waals surface area contributed by atoms with E-state index in [4.69, 9.17) is 4.74 Å². The Bertz CT molecular complexity index is 1430. The molecule has 0 aliphatic carbocycles. The van der Waals surface area contributed by atoms with E-state index in [9.17, 15) is 19.2 Å². The second-order valence-electron chi connectivity index (χ2n) is 10.6. The monoisotopic (exact) mass is 549 g/mol. The Balaban J connectivity index is 1.77. The number of rotatable bonds is 11. The van der Waals surface area contributed by atoms with Crippen molar-refractivity contribution in [2.75, 3.05) is 33.5 Å². The average Bonchev–Trinajstić information content (AvgIpc) is 3.31. The van der Waals surface area contributed by atoms with Gasteiger partial charge >= 0.3 is 6.09 Å². The van der Waals surface area contributed by atoms with E-state index >= 15 is 0 Å². The number of anilines is 1. The summed E-state index contributed by atoms with van der Waals surface area (Å²) >= 11 is 0. The number of hydrogen-bond acceptors (Lipinski definition) is 5. The van der Waals surface area contributed by atoms with Crippen molar-refractivity contribution in [3.8, 4) is 0 Å². The summed E-state index contributed by atoms with van der Waals surface area (Å²) in [6.07, 6.45) is 4.23. The maximum absolute atomic E-state index is 13.3. The minimum absolute atomic E-state index is 0.0772. The summed E-state index contributed by atoms with van der Waals surface area (Å²) in [5, 5.41) is 3.71. The topological polar surface area (TPSA) is 117 Å². The Hall–Kier alpha value is -4.34. The van der Waals surface area contributed by atoms with Crippen LogP contribution in [-0.2, 0) is 27.3 Å². The first-order valence-electron chi connectivity index (χ1n) is 13.3. The molecule has 1 unspecified atom stereocenters. The predicted molar refractivity (Wildman–Crippen MR) is 156 cm³/mol. The Morgan fingerprint density at radius 3 is 2.50 bits per heavy atom. The SMILES string of the molecule is CC(C)Cc1cccc2cc(Cn3cccc(NC(=O)C(CCC=CC(=O)N(C)C)OC(=O)N(C)C)c3=O)[nH]c12. The lowest BCUT2D eigenvalue weighted by Gasteiger charge is -2.19. The van der Waals surface area contributed by atoms with Crippen LogP contribution in [0.2, 0.25) is 0 Å². The quantitative estimate of drug-likeness (QED) is 0.351. The largest absolute Gasteiger partial charge is 0.436 e. The van der Waals surface area contributed by atoms with Crippen LogP contribution in [0.5, 0.6) is 0 Å². The molecule has 10 heteroatoms. The van der Waals surface area contributed by atoms with E-state index in [-0.39, 0.29) is 23.6 Å². The van der Waals surface area contributed by atoms with E-state index in [0.717, 1.165) is 23.0 Å². The van der Waals surface area contributed by atoms with Crippen LogP contribution < -0.4 is 10.9 Å². The summed E-state index contributed by atoms with van der Waals surface area (Å²) in [5.41, 5.74) is 2.86. The Morgan fingerprint density at radius 1 is 1.07 bits per heavy atom. The van der Waals surface area contributed by atoms with Crippen LogP contribution in [0.3, 0.4) is 0 Å². The molecule has 3 rings (SSSR count). The van der Waals surface area contributed by atoms with Gasteiger partial charge in [-0.05, 0) is 60.4 Å². The number of carbonyl (C=O) groups is 3. The van der Waals surface area contributed by atoms with Gasteiger partial charge in [-0.2, -0.15) is 0 Å². The highest BCUT2D eigenvalue weighted by molar-refractivity contribution is 5.95. The number of aromatic amines is 1. The molecule has 3 amide bonds. The first-order chi connectivity index (χ1) is 19.0. The molecule has 40 heavy (non-hydrogen) atoms. The van der Waals surface area contributed by atoms with Crippen molar-refractivity contribution in [3.05, 3.63) is 76.4 Å². The average molecular weight is 550 g/mol. The number of allylic oxidation sites excluding steroid dienone is 1. The van der Waals surface area contributed by atoms with E-state index in [1.165, 1.54) is 46.2 Å². The number of para-hydroxylation sites is 1. The lowest BCUT2D eigenvalue weighted by molar-refractivity contribution is -0.125. The number of H-pyrrole nitrogens is 1. The highest BCUT2D eigenvalue weighted by atomic mass is 16.6. The fraction of sp³-hybridized carbons (Fsp3) is 0.400. The maximum Gasteiger partial charge on any atom is 0.410 e. The zero-order chi connectivity index (χ0) is 29.4. The Morgan fingerprint density at radius 2 is 1.82 bits per heavy atom. The molecule has 0 aliphatic rings. The number of benzene rings is 1. The number of fused-ring (bicyclic) bond motifs is 1. The molecule has 0 radical (unpaired) electrons. The number of aromatic nitrogens is 2. The summed E-state index contributed by atoms with van der Waals surface area (Å²) in [4.78, 5) is 56.4. The van der Waals surface area contributed by atoms with Crippen molar-refractivity contribution in [2.24, 2.45) is 5.92 Å². The highest BCUT2D eigenvalue weighted by Gasteiger charge is 2.24. The van der Waals surface area contributed by atoms with Gasteiger partial charge in [-0.25, -0.2) is 4.79 Å². The van der Waals surface area contributed by atoms with E-state index in [2.05, 4.69) is 30.2 Å². The van der Waals surface area contributed by atoms with E-state index in [1.54, 1.807) is 32.4 Å². The number of hydrogen-bond donors (Lipinski definition) is 2. The van der Waals surface area contributed by atoms with Gasteiger partial charge in [0, 0.05) is 45.6 Å². The van der Waals surface area contributed by atoms with Crippen LogP contribution in [0.15, 0.2) is 59.5 Å². The number of likely N-dealkylation sites (N-methyl/N-ethyl adjacent to an activating group) is 1. The fourth-order valence-electron chi connectivity index (χ4n) is 4.18. The summed E-state index contributed by atoms with van der Waals surface area (Å²) in [5.74, 6) is -0.304. The summed E-state index contributed by atoms with van der Waals surface area (Å²) in [7, 11) is 6.30. The van der Waals surface area contributed by atoms with Gasteiger partial charge < -0.3 is 29.4 Å². The number of nitrogens with zero attached hydrogens (tertiary/aromatic N) is 3. The van der Waals surface area contributed by atoms with Crippen molar-refractivity contribution in [2.45, 2.75) is 45.8 Å². The van der Waals surface area contributed by atoms with E-state index in [1.807, 2.05) is 18.2 Å². The van der Waals surface area contributed by atoms with Crippen molar-refractivity contribution < 1.29 is 19.1 Å². The van der Waals surface area contributed by atoms with Gasteiger partial charge in [-0.1, -0.05) is 38.1 Å². The summed E-state index contributed by atoms with van der Waals surface area (Å²) in [6.45, 7) is 4.65. The van der Waals surface area contributed by atoms with Gasteiger partial charge in [-0.3, -0.25) is 14.4 Å². The number of carbonyl (C=O) groups excluding carboxylic acids is 3. The maximum atomic E-state index is 13.3. The van der Waals surface area contributed by atoms with Gasteiger partial charge in [0.1, 0.15) is 5.69 Å². The minimum Gasteiger partial charge on any atom is -0.436 e. The molecule has 0 spiro atoms. The van der Waals surface area contributed by atoms with Gasteiger partial charge in [0.2, 0.25) is 5.91 Å². The molecule has 2 aromatic heterocycles. The van der Waals surface area contributed by atoms with Crippen molar-refractivity contribution in [3.63, 3.8) is 0 Å². The number of nitrogens with one attached hydrogen (secondary N) is 2. The molecule has 0 saturated heterocycles. The third-order valence-corrected chi connectivity index (χ3v) is 6.24. The smallest absolute Gasteiger partial charge is 0.410 e.